The van der Waals surface area contributed by atoms with Crippen molar-refractivity contribution in [2.45, 2.75) is 24.7 Å². The van der Waals surface area contributed by atoms with Gasteiger partial charge in [0.25, 0.3) is 0 Å². The zero-order valence-corrected chi connectivity index (χ0v) is 29.8. The lowest BCUT2D eigenvalue weighted by molar-refractivity contribution is 0.632. The molecule has 2 aliphatic carbocycles. The highest BCUT2D eigenvalue weighted by molar-refractivity contribution is 5.97. The Balaban J connectivity index is 1.18. The van der Waals surface area contributed by atoms with Crippen molar-refractivity contribution in [3.63, 3.8) is 0 Å². The Hall–Kier alpha value is -6.44. The normalized spacial score (nSPS) is 14.9. The third-order valence-electron chi connectivity index (χ3n) is 12.3. The van der Waals surface area contributed by atoms with E-state index in [1.54, 1.807) is 0 Å². The molecule has 0 fully saturated rings. The number of hydrogen-bond acceptors (Lipinski definition) is 1. The predicted molar refractivity (Wildman–Crippen MR) is 220 cm³/mol. The Morgan fingerprint density at radius 3 is 1.21 bits per heavy atom. The molecule has 0 bridgehead atoms. The van der Waals surface area contributed by atoms with Crippen molar-refractivity contribution in [2.24, 2.45) is 0 Å². The monoisotopic (exact) mass is 675 g/mol. The van der Waals surface area contributed by atoms with Gasteiger partial charge in [-0.15, -0.1) is 0 Å². The Bertz CT molecular complexity index is 2600. The first-order valence-electron chi connectivity index (χ1n) is 18.7. The van der Waals surface area contributed by atoms with Gasteiger partial charge in [-0.05, 0) is 114 Å². The molecule has 0 unspecified atom stereocenters. The highest BCUT2D eigenvalue weighted by atomic mass is 15.2. The summed E-state index contributed by atoms with van der Waals surface area (Å²) in [6, 6.07) is 70.2. The van der Waals surface area contributed by atoms with Gasteiger partial charge in [-0.25, -0.2) is 0 Å². The van der Waals surface area contributed by atoms with Crippen LogP contribution in [0.1, 0.15) is 47.2 Å². The Morgan fingerprint density at radius 2 is 0.736 bits per heavy atom. The molecule has 250 valence electrons. The Morgan fingerprint density at radius 1 is 0.321 bits per heavy atom. The lowest BCUT2D eigenvalue weighted by Crippen LogP contribution is -2.31. The summed E-state index contributed by atoms with van der Waals surface area (Å²) in [4.78, 5) is 2.53. The van der Waals surface area contributed by atoms with E-state index >= 15 is 0 Å². The fourth-order valence-electron chi connectivity index (χ4n) is 9.86. The van der Waals surface area contributed by atoms with Crippen molar-refractivity contribution in [1.29, 1.82) is 0 Å². The predicted octanol–water partition coefficient (Wildman–Crippen LogP) is 13.5. The van der Waals surface area contributed by atoms with Crippen LogP contribution in [0.25, 0.3) is 44.5 Å². The smallest absolute Gasteiger partial charge is 0.0726 e. The average Bonchev–Trinajstić information content (AvgIpc) is 3.69. The first-order valence-corrected chi connectivity index (χ1v) is 18.7. The van der Waals surface area contributed by atoms with Crippen LogP contribution in [0, 0.1) is 0 Å². The number of anilines is 3. The van der Waals surface area contributed by atoms with Gasteiger partial charge < -0.3 is 4.90 Å². The van der Waals surface area contributed by atoms with E-state index in [1.807, 2.05) is 0 Å². The summed E-state index contributed by atoms with van der Waals surface area (Å²) in [6.45, 7) is 4.79. The minimum atomic E-state index is -0.399. The molecule has 0 N–H and O–H groups in total. The van der Waals surface area contributed by atoms with E-state index in [1.165, 1.54) is 95.0 Å². The number of benzene rings is 8. The van der Waals surface area contributed by atoms with Crippen LogP contribution in [0.15, 0.2) is 188 Å². The van der Waals surface area contributed by atoms with Crippen molar-refractivity contribution < 1.29 is 0 Å². The molecule has 0 radical (unpaired) electrons. The van der Waals surface area contributed by atoms with E-state index in [0.717, 1.165) is 0 Å². The van der Waals surface area contributed by atoms with E-state index < -0.39 is 5.41 Å². The Labute approximate surface area is 311 Å². The lowest BCUT2D eigenvalue weighted by atomic mass is 9.70. The van der Waals surface area contributed by atoms with Crippen LogP contribution in [0.5, 0.6) is 0 Å². The standard InChI is InChI=1S/C52H37N/c1-51(2)47-31-36(34-15-5-3-6-16-34)25-29-49(47)53(50-30-26-37(32-48(50)51)35-17-7-4-8-18-35)38-27-28-42-41-21-11-14-24-45(41)52(46(42)33-38)43-22-12-9-19-39(43)40-20-10-13-23-44(40)52/h3-33H,1-2H3. The fourth-order valence-corrected chi connectivity index (χ4v) is 9.86. The quantitative estimate of drug-likeness (QED) is 0.180. The molecule has 0 saturated carbocycles. The molecular formula is C52H37N. The van der Waals surface area contributed by atoms with Crippen LogP contribution in [-0.2, 0) is 10.8 Å². The maximum absolute atomic E-state index is 2.53. The maximum atomic E-state index is 2.53. The molecule has 0 aromatic heterocycles. The number of nitrogens with zero attached hydrogens (tertiary/aromatic N) is 1. The molecule has 1 spiro atoms. The summed E-state index contributed by atoms with van der Waals surface area (Å²) in [5.41, 5.74) is 21.3. The van der Waals surface area contributed by atoms with Crippen LogP contribution in [-0.4, -0.2) is 0 Å². The SMILES string of the molecule is CC1(C)c2cc(-c3ccccc3)ccc2N(c2ccc3c(c2)C2(c4ccccc4-c4ccccc42)c2ccccc2-3)c2ccc(-c3ccccc3)cc21. The molecular weight excluding hydrogens is 639 g/mol. The largest absolute Gasteiger partial charge is 0.310 e. The van der Waals surface area contributed by atoms with E-state index in [4.69, 9.17) is 0 Å². The molecule has 1 heterocycles. The summed E-state index contributed by atoms with van der Waals surface area (Å²) in [7, 11) is 0. The number of hydrogen-bond donors (Lipinski definition) is 0. The molecule has 53 heavy (non-hydrogen) atoms. The molecule has 8 aromatic carbocycles. The van der Waals surface area contributed by atoms with Crippen molar-refractivity contribution in [1.82, 2.24) is 0 Å². The second-order valence-corrected chi connectivity index (χ2v) is 15.3. The molecule has 1 nitrogen and oxygen atoms in total. The summed E-state index contributed by atoms with van der Waals surface area (Å²) in [6.07, 6.45) is 0. The molecule has 0 saturated heterocycles. The molecule has 1 aliphatic heterocycles. The second-order valence-electron chi connectivity index (χ2n) is 15.3. The van der Waals surface area contributed by atoms with Crippen LogP contribution in [0.2, 0.25) is 0 Å². The van der Waals surface area contributed by atoms with E-state index in [9.17, 15) is 0 Å². The van der Waals surface area contributed by atoms with Gasteiger partial charge in [0.15, 0.2) is 0 Å². The molecule has 0 atom stereocenters. The summed E-state index contributed by atoms with van der Waals surface area (Å²) in [5, 5.41) is 0. The third kappa shape index (κ3) is 4.08. The zero-order chi connectivity index (χ0) is 35.3. The number of fused-ring (bicyclic) bond motifs is 12. The van der Waals surface area contributed by atoms with Crippen molar-refractivity contribution in [3.05, 3.63) is 221 Å². The van der Waals surface area contributed by atoms with Gasteiger partial charge in [0.2, 0.25) is 0 Å². The van der Waals surface area contributed by atoms with Gasteiger partial charge in [0, 0.05) is 11.1 Å². The summed E-state index contributed by atoms with van der Waals surface area (Å²) in [5.74, 6) is 0. The number of rotatable bonds is 3. The second kappa shape index (κ2) is 11.0. The first kappa shape index (κ1) is 30.2. The van der Waals surface area contributed by atoms with Crippen LogP contribution in [0.4, 0.5) is 17.1 Å². The third-order valence-corrected chi connectivity index (χ3v) is 12.3. The maximum Gasteiger partial charge on any atom is 0.0726 e. The summed E-state index contributed by atoms with van der Waals surface area (Å²) < 4.78 is 0. The fraction of sp³-hybridized carbons (Fsp3) is 0.0769. The summed E-state index contributed by atoms with van der Waals surface area (Å²) >= 11 is 0. The van der Waals surface area contributed by atoms with E-state index in [0.29, 0.717) is 0 Å². The molecule has 0 amide bonds. The van der Waals surface area contributed by atoms with Gasteiger partial charge in [-0.1, -0.05) is 166 Å². The van der Waals surface area contributed by atoms with Gasteiger partial charge in [-0.2, -0.15) is 0 Å². The van der Waals surface area contributed by atoms with Crippen LogP contribution in [0.3, 0.4) is 0 Å². The lowest BCUT2D eigenvalue weighted by Gasteiger charge is -2.43. The molecule has 8 aromatic rings. The van der Waals surface area contributed by atoms with Gasteiger partial charge in [0.1, 0.15) is 0 Å². The van der Waals surface area contributed by atoms with Crippen molar-refractivity contribution >= 4 is 17.1 Å². The molecule has 3 aliphatic rings. The van der Waals surface area contributed by atoms with E-state index in [2.05, 4.69) is 207 Å². The highest BCUT2D eigenvalue weighted by Crippen LogP contribution is 2.64. The topological polar surface area (TPSA) is 3.24 Å². The van der Waals surface area contributed by atoms with Crippen molar-refractivity contribution in [3.8, 4) is 44.5 Å². The van der Waals surface area contributed by atoms with Gasteiger partial charge >= 0.3 is 0 Å². The van der Waals surface area contributed by atoms with Gasteiger partial charge in [0.05, 0.1) is 16.8 Å². The minimum absolute atomic E-state index is 0.242. The van der Waals surface area contributed by atoms with Crippen LogP contribution >= 0.6 is 0 Å². The molecule has 11 rings (SSSR count). The highest BCUT2D eigenvalue weighted by Gasteiger charge is 2.52. The molecule has 1 heteroatoms. The van der Waals surface area contributed by atoms with E-state index in [-0.39, 0.29) is 5.41 Å². The first-order chi connectivity index (χ1) is 26.0. The minimum Gasteiger partial charge on any atom is -0.310 e. The average molecular weight is 676 g/mol. The zero-order valence-electron chi connectivity index (χ0n) is 29.8. The van der Waals surface area contributed by atoms with Crippen molar-refractivity contribution in [2.75, 3.05) is 4.90 Å². The Kier molecular flexibility index (Phi) is 6.29. The van der Waals surface area contributed by atoms with Gasteiger partial charge in [-0.3, -0.25) is 0 Å². The van der Waals surface area contributed by atoms with Crippen LogP contribution < -0.4 is 4.90 Å².